The van der Waals surface area contributed by atoms with E-state index in [0.717, 1.165) is 11.3 Å². The lowest BCUT2D eigenvalue weighted by Gasteiger charge is -2.13. The van der Waals surface area contributed by atoms with Gasteiger partial charge in [-0.05, 0) is 24.6 Å². The van der Waals surface area contributed by atoms with Crippen molar-refractivity contribution >= 4 is 74.3 Å². The SMILES string of the molecule is Cc1csc(NC(=O)CCN2C(=O)/C(=C\c3ccccc3Cl)SC2=S)n1. The summed E-state index contributed by atoms with van der Waals surface area (Å²) in [6.45, 7) is 2.08. The molecular formula is C17H14ClN3O2S3. The Kier molecular flexibility index (Phi) is 6.08. The summed E-state index contributed by atoms with van der Waals surface area (Å²) in [5, 5.41) is 5.70. The molecule has 2 amide bonds. The number of rotatable bonds is 5. The van der Waals surface area contributed by atoms with Crippen LogP contribution in [-0.2, 0) is 9.59 Å². The maximum Gasteiger partial charge on any atom is 0.266 e. The predicted octanol–water partition coefficient (Wildman–Crippen LogP) is 4.33. The lowest BCUT2D eigenvalue weighted by molar-refractivity contribution is -0.122. The number of thioether (sulfide) groups is 1. The van der Waals surface area contributed by atoms with Crippen LogP contribution in [-0.4, -0.2) is 32.6 Å². The molecule has 5 nitrogen and oxygen atoms in total. The first-order valence-electron chi connectivity index (χ1n) is 7.66. The Morgan fingerprint density at radius 1 is 1.42 bits per heavy atom. The first kappa shape index (κ1) is 19.0. The third-order valence-corrected chi connectivity index (χ3v) is 6.09. The second-order valence-electron chi connectivity index (χ2n) is 5.45. The zero-order chi connectivity index (χ0) is 18.7. The second-order valence-corrected chi connectivity index (χ2v) is 8.39. The van der Waals surface area contributed by atoms with Crippen molar-refractivity contribution in [3.8, 4) is 0 Å². The van der Waals surface area contributed by atoms with Gasteiger partial charge < -0.3 is 5.32 Å². The summed E-state index contributed by atoms with van der Waals surface area (Å²) < 4.78 is 0.436. The molecule has 26 heavy (non-hydrogen) atoms. The number of anilines is 1. The van der Waals surface area contributed by atoms with Gasteiger partial charge in [-0.1, -0.05) is 53.8 Å². The van der Waals surface area contributed by atoms with Gasteiger partial charge in [-0.25, -0.2) is 4.98 Å². The van der Waals surface area contributed by atoms with Gasteiger partial charge in [-0.3, -0.25) is 14.5 Å². The van der Waals surface area contributed by atoms with Gasteiger partial charge in [0, 0.05) is 23.4 Å². The molecule has 2 aromatic rings. The number of nitrogens with one attached hydrogen (secondary N) is 1. The van der Waals surface area contributed by atoms with Gasteiger partial charge >= 0.3 is 0 Å². The molecule has 1 aliphatic heterocycles. The average molecular weight is 424 g/mol. The molecule has 1 aromatic heterocycles. The molecule has 1 N–H and O–H groups in total. The molecule has 0 bridgehead atoms. The summed E-state index contributed by atoms with van der Waals surface area (Å²) in [7, 11) is 0. The molecule has 1 fully saturated rings. The average Bonchev–Trinajstić information content (AvgIpc) is 3.11. The predicted molar refractivity (Wildman–Crippen MR) is 111 cm³/mol. The number of hydrogen-bond donors (Lipinski definition) is 1. The van der Waals surface area contributed by atoms with Crippen molar-refractivity contribution in [3.05, 3.63) is 50.8 Å². The molecule has 3 rings (SSSR count). The van der Waals surface area contributed by atoms with E-state index in [9.17, 15) is 9.59 Å². The van der Waals surface area contributed by atoms with E-state index in [1.54, 1.807) is 12.1 Å². The minimum Gasteiger partial charge on any atom is -0.302 e. The van der Waals surface area contributed by atoms with Crippen LogP contribution in [0.15, 0.2) is 34.6 Å². The molecule has 2 heterocycles. The molecule has 9 heteroatoms. The van der Waals surface area contributed by atoms with Gasteiger partial charge in [0.1, 0.15) is 4.32 Å². The van der Waals surface area contributed by atoms with Crippen LogP contribution in [0.4, 0.5) is 5.13 Å². The maximum absolute atomic E-state index is 12.6. The van der Waals surface area contributed by atoms with Crippen LogP contribution in [0, 0.1) is 6.92 Å². The minimum absolute atomic E-state index is 0.143. The van der Waals surface area contributed by atoms with Gasteiger partial charge in [0.15, 0.2) is 5.13 Å². The van der Waals surface area contributed by atoms with E-state index in [0.29, 0.717) is 19.4 Å². The first-order valence-corrected chi connectivity index (χ1v) is 10.1. The molecule has 1 aliphatic rings. The first-order chi connectivity index (χ1) is 12.4. The second kappa shape index (κ2) is 8.30. The Hall–Kier alpha value is -1.74. The van der Waals surface area contributed by atoms with E-state index in [1.807, 2.05) is 30.5 Å². The van der Waals surface area contributed by atoms with Crippen LogP contribution in [0.1, 0.15) is 17.7 Å². The number of amides is 2. The quantitative estimate of drug-likeness (QED) is 0.572. The van der Waals surface area contributed by atoms with E-state index in [2.05, 4.69) is 10.3 Å². The number of carbonyl (C=O) groups excluding carboxylic acids is 2. The number of thiocarbonyl (C=S) groups is 1. The van der Waals surface area contributed by atoms with E-state index in [4.69, 9.17) is 23.8 Å². The van der Waals surface area contributed by atoms with Crippen molar-refractivity contribution in [1.29, 1.82) is 0 Å². The van der Waals surface area contributed by atoms with Gasteiger partial charge in [-0.15, -0.1) is 11.3 Å². The molecule has 0 spiro atoms. The fourth-order valence-corrected chi connectivity index (χ4v) is 4.43. The summed E-state index contributed by atoms with van der Waals surface area (Å²) in [6, 6.07) is 7.27. The van der Waals surface area contributed by atoms with Crippen molar-refractivity contribution in [2.75, 3.05) is 11.9 Å². The molecule has 1 aromatic carbocycles. The van der Waals surface area contributed by atoms with Crippen molar-refractivity contribution in [3.63, 3.8) is 0 Å². The monoisotopic (exact) mass is 423 g/mol. The Labute approximate surface area is 169 Å². The summed E-state index contributed by atoms with van der Waals surface area (Å²) in [4.78, 5) is 30.7. The van der Waals surface area contributed by atoms with E-state index in [-0.39, 0.29) is 24.8 Å². The third kappa shape index (κ3) is 4.50. The van der Waals surface area contributed by atoms with Crippen LogP contribution in [0.2, 0.25) is 5.02 Å². The molecular weight excluding hydrogens is 410 g/mol. The highest BCUT2D eigenvalue weighted by molar-refractivity contribution is 8.26. The number of halogens is 1. The zero-order valence-corrected chi connectivity index (χ0v) is 16.9. The highest BCUT2D eigenvalue weighted by atomic mass is 35.5. The van der Waals surface area contributed by atoms with Crippen LogP contribution in [0.5, 0.6) is 0 Å². The standard InChI is InChI=1S/C17H14ClN3O2S3/c1-10-9-25-16(19-10)20-14(22)6-7-21-15(23)13(26-17(21)24)8-11-4-2-3-5-12(11)18/h2-5,8-9H,6-7H2,1H3,(H,19,20,22)/b13-8+. The van der Waals surface area contributed by atoms with Crippen molar-refractivity contribution in [2.24, 2.45) is 0 Å². The molecule has 1 saturated heterocycles. The zero-order valence-electron chi connectivity index (χ0n) is 13.7. The smallest absolute Gasteiger partial charge is 0.266 e. The minimum atomic E-state index is -0.210. The molecule has 0 atom stereocenters. The molecule has 0 saturated carbocycles. The van der Waals surface area contributed by atoms with E-state index < -0.39 is 0 Å². The van der Waals surface area contributed by atoms with Gasteiger partial charge in [0.05, 0.1) is 10.6 Å². The fourth-order valence-electron chi connectivity index (χ4n) is 2.23. The topological polar surface area (TPSA) is 62.3 Å². The summed E-state index contributed by atoms with van der Waals surface area (Å²) in [6.07, 6.45) is 1.87. The van der Waals surface area contributed by atoms with Crippen molar-refractivity contribution in [2.45, 2.75) is 13.3 Å². The van der Waals surface area contributed by atoms with Crippen molar-refractivity contribution < 1.29 is 9.59 Å². The number of carbonyl (C=O) groups is 2. The number of aryl methyl sites for hydroxylation is 1. The van der Waals surface area contributed by atoms with Gasteiger partial charge in [0.25, 0.3) is 5.91 Å². The highest BCUT2D eigenvalue weighted by Gasteiger charge is 2.32. The third-order valence-electron chi connectivity index (χ3n) is 3.49. The Morgan fingerprint density at radius 2 is 2.19 bits per heavy atom. The summed E-state index contributed by atoms with van der Waals surface area (Å²) in [5.74, 6) is -0.415. The Morgan fingerprint density at radius 3 is 2.88 bits per heavy atom. The molecule has 134 valence electrons. The van der Waals surface area contributed by atoms with E-state index in [1.165, 1.54) is 28.0 Å². The Bertz CT molecular complexity index is 910. The fraction of sp³-hybridized carbons (Fsp3) is 0.176. The highest BCUT2D eigenvalue weighted by Crippen LogP contribution is 2.33. The van der Waals surface area contributed by atoms with E-state index >= 15 is 0 Å². The number of nitrogens with zero attached hydrogens (tertiary/aromatic N) is 2. The summed E-state index contributed by atoms with van der Waals surface area (Å²) in [5.41, 5.74) is 1.61. The van der Waals surface area contributed by atoms with Crippen LogP contribution < -0.4 is 5.32 Å². The number of aromatic nitrogens is 1. The Balaban J connectivity index is 1.62. The van der Waals surface area contributed by atoms with Gasteiger partial charge in [-0.2, -0.15) is 0 Å². The number of hydrogen-bond acceptors (Lipinski definition) is 6. The van der Waals surface area contributed by atoms with Crippen LogP contribution >= 0.6 is 46.9 Å². The van der Waals surface area contributed by atoms with Crippen LogP contribution in [0.3, 0.4) is 0 Å². The largest absolute Gasteiger partial charge is 0.302 e. The van der Waals surface area contributed by atoms with Crippen LogP contribution in [0.25, 0.3) is 6.08 Å². The lowest BCUT2D eigenvalue weighted by Crippen LogP contribution is -2.31. The maximum atomic E-state index is 12.6. The van der Waals surface area contributed by atoms with Gasteiger partial charge in [0.2, 0.25) is 5.91 Å². The lowest BCUT2D eigenvalue weighted by atomic mass is 10.2. The normalized spacial score (nSPS) is 15.8. The molecule has 0 unspecified atom stereocenters. The molecule has 0 aliphatic carbocycles. The summed E-state index contributed by atoms with van der Waals surface area (Å²) >= 11 is 14.0. The number of benzene rings is 1. The van der Waals surface area contributed by atoms with Crippen molar-refractivity contribution in [1.82, 2.24) is 9.88 Å². The number of thiazole rings is 1. The molecule has 0 radical (unpaired) electrons.